The second-order valence-electron chi connectivity index (χ2n) is 4.89. The molecule has 2 rings (SSSR count). The van der Waals surface area contributed by atoms with Crippen LogP contribution >= 0.6 is 0 Å². The average molecular weight is 305 g/mol. The summed E-state index contributed by atoms with van der Waals surface area (Å²) in [4.78, 5) is 28.0. The van der Waals surface area contributed by atoms with Crippen molar-refractivity contribution in [1.82, 2.24) is 25.4 Å². The molecule has 2 atom stereocenters. The molecule has 2 unspecified atom stereocenters. The van der Waals surface area contributed by atoms with Crippen LogP contribution in [0.25, 0.3) is 0 Å². The lowest BCUT2D eigenvalue weighted by Gasteiger charge is -2.19. The quantitative estimate of drug-likeness (QED) is 0.842. The van der Waals surface area contributed by atoms with E-state index < -0.39 is 36.5 Å². The SMILES string of the molecule is CC(NC(=O)C1CC(=O)N(CC(F)(F)F)C1)c1ncn[nH]1. The summed E-state index contributed by atoms with van der Waals surface area (Å²) in [5.41, 5.74) is 0. The molecule has 116 valence electrons. The highest BCUT2D eigenvalue weighted by atomic mass is 19.4. The standard InChI is InChI=1S/C11H14F3N5O2/c1-6(9-15-5-16-18-9)17-10(21)7-2-8(20)19(3-7)4-11(12,13)14/h5-7H,2-4H2,1H3,(H,17,21)(H,15,16,18). The zero-order chi connectivity index (χ0) is 15.6. The van der Waals surface area contributed by atoms with Crippen molar-refractivity contribution >= 4 is 11.8 Å². The Morgan fingerprint density at radius 3 is 2.90 bits per heavy atom. The van der Waals surface area contributed by atoms with Crippen molar-refractivity contribution in [3.05, 3.63) is 12.2 Å². The molecule has 0 aliphatic carbocycles. The average Bonchev–Trinajstić information content (AvgIpc) is 2.98. The van der Waals surface area contributed by atoms with Crippen LogP contribution < -0.4 is 5.32 Å². The van der Waals surface area contributed by atoms with E-state index in [9.17, 15) is 22.8 Å². The van der Waals surface area contributed by atoms with E-state index >= 15 is 0 Å². The van der Waals surface area contributed by atoms with Crippen LogP contribution in [0.2, 0.25) is 0 Å². The molecule has 1 aliphatic rings. The van der Waals surface area contributed by atoms with Crippen molar-refractivity contribution in [3.63, 3.8) is 0 Å². The van der Waals surface area contributed by atoms with E-state index in [4.69, 9.17) is 0 Å². The van der Waals surface area contributed by atoms with Crippen molar-refractivity contribution in [2.75, 3.05) is 13.1 Å². The second kappa shape index (κ2) is 5.70. The number of aromatic amines is 1. The number of halogens is 3. The summed E-state index contributed by atoms with van der Waals surface area (Å²) in [5.74, 6) is -1.50. The maximum atomic E-state index is 12.3. The molecule has 0 spiro atoms. The van der Waals surface area contributed by atoms with Crippen molar-refractivity contribution in [2.45, 2.75) is 25.6 Å². The summed E-state index contributed by atoms with van der Waals surface area (Å²) in [5, 5.41) is 8.81. The number of H-pyrrole nitrogens is 1. The van der Waals surface area contributed by atoms with Gasteiger partial charge in [-0.15, -0.1) is 0 Å². The first-order valence-corrected chi connectivity index (χ1v) is 6.26. The Labute approximate surface area is 117 Å². The number of carbonyl (C=O) groups is 2. The fourth-order valence-corrected chi connectivity index (χ4v) is 2.14. The fraction of sp³-hybridized carbons (Fsp3) is 0.636. The summed E-state index contributed by atoms with van der Waals surface area (Å²) in [6.07, 6.45) is -3.40. The van der Waals surface area contributed by atoms with Crippen LogP contribution in [-0.2, 0) is 9.59 Å². The molecule has 2 amide bonds. The van der Waals surface area contributed by atoms with Crippen molar-refractivity contribution < 1.29 is 22.8 Å². The molecule has 1 aromatic rings. The van der Waals surface area contributed by atoms with Gasteiger partial charge in [-0.3, -0.25) is 14.7 Å². The Kier molecular flexibility index (Phi) is 4.14. The summed E-state index contributed by atoms with van der Waals surface area (Å²) in [7, 11) is 0. The zero-order valence-electron chi connectivity index (χ0n) is 11.1. The van der Waals surface area contributed by atoms with E-state index in [1.165, 1.54) is 6.33 Å². The molecule has 7 nitrogen and oxygen atoms in total. The van der Waals surface area contributed by atoms with Gasteiger partial charge in [-0.2, -0.15) is 18.3 Å². The number of hydrogen-bond acceptors (Lipinski definition) is 4. The predicted octanol–water partition coefficient (Wildman–Crippen LogP) is 0.393. The first-order valence-electron chi connectivity index (χ1n) is 6.26. The van der Waals surface area contributed by atoms with Crippen molar-refractivity contribution in [3.8, 4) is 0 Å². The van der Waals surface area contributed by atoms with Gasteiger partial charge in [0, 0.05) is 13.0 Å². The van der Waals surface area contributed by atoms with Crippen LogP contribution in [0.15, 0.2) is 6.33 Å². The molecule has 1 aliphatic heterocycles. The smallest absolute Gasteiger partial charge is 0.346 e. The summed E-state index contributed by atoms with van der Waals surface area (Å²) < 4.78 is 36.9. The zero-order valence-corrected chi connectivity index (χ0v) is 11.1. The molecule has 21 heavy (non-hydrogen) atoms. The predicted molar refractivity (Wildman–Crippen MR) is 63.7 cm³/mol. The van der Waals surface area contributed by atoms with Gasteiger partial charge in [-0.1, -0.05) is 0 Å². The largest absolute Gasteiger partial charge is 0.406 e. The Bertz CT molecular complexity index is 516. The Hall–Kier alpha value is -2.13. The Balaban J connectivity index is 1.91. The van der Waals surface area contributed by atoms with Gasteiger partial charge in [0.15, 0.2) is 0 Å². The molecule has 0 aromatic carbocycles. The molecule has 0 bridgehead atoms. The molecular formula is C11H14F3N5O2. The molecule has 10 heteroatoms. The van der Waals surface area contributed by atoms with Crippen LogP contribution in [0.3, 0.4) is 0 Å². The Morgan fingerprint density at radius 2 is 2.33 bits per heavy atom. The third-order valence-corrected chi connectivity index (χ3v) is 3.16. The third kappa shape index (κ3) is 3.92. The second-order valence-corrected chi connectivity index (χ2v) is 4.89. The number of alkyl halides is 3. The van der Waals surface area contributed by atoms with Crippen LogP contribution in [0, 0.1) is 5.92 Å². The lowest BCUT2D eigenvalue weighted by molar-refractivity contribution is -0.157. The number of carbonyl (C=O) groups excluding carboxylic acids is 2. The molecule has 1 aromatic heterocycles. The highest BCUT2D eigenvalue weighted by Crippen LogP contribution is 2.24. The van der Waals surface area contributed by atoms with E-state index in [0.717, 1.165) is 0 Å². The number of rotatable bonds is 4. The van der Waals surface area contributed by atoms with Crippen LogP contribution in [-0.4, -0.2) is 51.2 Å². The van der Waals surface area contributed by atoms with Gasteiger partial charge >= 0.3 is 6.18 Å². The highest BCUT2D eigenvalue weighted by Gasteiger charge is 2.40. The number of nitrogens with zero attached hydrogens (tertiary/aromatic N) is 3. The minimum atomic E-state index is -4.46. The normalized spacial score (nSPS) is 20.7. The molecule has 2 heterocycles. The maximum Gasteiger partial charge on any atom is 0.406 e. The van der Waals surface area contributed by atoms with Crippen LogP contribution in [0.1, 0.15) is 25.2 Å². The van der Waals surface area contributed by atoms with Gasteiger partial charge in [-0.25, -0.2) is 4.98 Å². The van der Waals surface area contributed by atoms with Gasteiger partial charge in [0.1, 0.15) is 18.7 Å². The number of amides is 2. The first kappa shape index (κ1) is 15.3. The molecular weight excluding hydrogens is 291 g/mol. The van der Waals surface area contributed by atoms with Gasteiger partial charge < -0.3 is 10.2 Å². The monoisotopic (exact) mass is 305 g/mol. The lowest BCUT2D eigenvalue weighted by atomic mass is 10.1. The maximum absolute atomic E-state index is 12.3. The van der Waals surface area contributed by atoms with Gasteiger partial charge in [0.25, 0.3) is 0 Å². The summed E-state index contributed by atoms with van der Waals surface area (Å²) in [6, 6.07) is -0.466. The Morgan fingerprint density at radius 1 is 1.62 bits per heavy atom. The van der Waals surface area contributed by atoms with Crippen molar-refractivity contribution in [2.24, 2.45) is 5.92 Å². The van der Waals surface area contributed by atoms with Crippen LogP contribution in [0.5, 0.6) is 0 Å². The van der Waals surface area contributed by atoms with Crippen molar-refractivity contribution in [1.29, 1.82) is 0 Å². The van der Waals surface area contributed by atoms with E-state index in [1.807, 2.05) is 0 Å². The molecule has 0 radical (unpaired) electrons. The molecule has 1 saturated heterocycles. The molecule has 0 saturated carbocycles. The van der Waals surface area contributed by atoms with E-state index in [-0.39, 0.29) is 13.0 Å². The minimum absolute atomic E-state index is 0.217. The van der Waals surface area contributed by atoms with Crippen LogP contribution in [0.4, 0.5) is 13.2 Å². The highest BCUT2D eigenvalue weighted by molar-refractivity contribution is 5.89. The molecule has 2 N–H and O–H groups in total. The summed E-state index contributed by atoms with van der Waals surface area (Å²) in [6.45, 7) is 0.100. The number of aromatic nitrogens is 3. The number of hydrogen-bond donors (Lipinski definition) is 2. The molecule has 1 fully saturated rings. The van der Waals surface area contributed by atoms with Gasteiger partial charge in [0.05, 0.1) is 12.0 Å². The number of likely N-dealkylation sites (tertiary alicyclic amines) is 1. The first-order chi connectivity index (χ1) is 9.76. The summed E-state index contributed by atoms with van der Waals surface area (Å²) >= 11 is 0. The number of nitrogens with one attached hydrogen (secondary N) is 2. The van der Waals surface area contributed by atoms with E-state index in [2.05, 4.69) is 20.5 Å². The fourth-order valence-electron chi connectivity index (χ4n) is 2.14. The van der Waals surface area contributed by atoms with E-state index in [0.29, 0.717) is 10.7 Å². The minimum Gasteiger partial charge on any atom is -0.346 e. The third-order valence-electron chi connectivity index (χ3n) is 3.16. The van der Waals surface area contributed by atoms with Gasteiger partial charge in [-0.05, 0) is 6.92 Å². The van der Waals surface area contributed by atoms with E-state index in [1.54, 1.807) is 6.92 Å². The van der Waals surface area contributed by atoms with Gasteiger partial charge in [0.2, 0.25) is 11.8 Å². The lowest BCUT2D eigenvalue weighted by Crippen LogP contribution is -2.37. The topological polar surface area (TPSA) is 91.0 Å².